The number of aryl methyl sites for hydroxylation is 1. The lowest BCUT2D eigenvalue weighted by atomic mass is 9.86. The molecule has 3 N–H and O–H groups in total. The molecule has 4 rings (SSSR count). The highest BCUT2D eigenvalue weighted by molar-refractivity contribution is 7.89. The molecule has 1 heterocycles. The summed E-state index contributed by atoms with van der Waals surface area (Å²) in [7, 11) is -4.30. The van der Waals surface area contributed by atoms with Gasteiger partial charge in [-0.25, -0.2) is 8.42 Å². The van der Waals surface area contributed by atoms with E-state index in [0.717, 1.165) is 64.6 Å². The van der Waals surface area contributed by atoms with Crippen molar-refractivity contribution in [3.63, 3.8) is 0 Å². The highest BCUT2D eigenvalue weighted by atomic mass is 32.2. The van der Waals surface area contributed by atoms with Crippen LogP contribution in [0, 0.1) is 0 Å². The highest BCUT2D eigenvalue weighted by Crippen LogP contribution is 2.31. The molecule has 218 valence electrons. The summed E-state index contributed by atoms with van der Waals surface area (Å²) in [6.07, 6.45) is -2.84. The maximum atomic E-state index is 13.3. The third-order valence-corrected chi connectivity index (χ3v) is 8.82. The van der Waals surface area contributed by atoms with Crippen LogP contribution in [0.5, 0.6) is 5.75 Å². The molecule has 0 saturated carbocycles. The second-order valence-corrected chi connectivity index (χ2v) is 12.1. The Hall–Kier alpha value is -3.16. The van der Waals surface area contributed by atoms with E-state index in [4.69, 9.17) is 0 Å². The number of carbonyl (C=O) groups excluding carboxylic acids is 2. The maximum Gasteiger partial charge on any atom is 0.573 e. The van der Waals surface area contributed by atoms with Gasteiger partial charge in [-0.15, -0.1) is 13.2 Å². The first-order valence-electron chi connectivity index (χ1n) is 13.1. The Morgan fingerprint density at radius 1 is 1.18 bits per heavy atom. The van der Waals surface area contributed by atoms with E-state index in [0.29, 0.717) is 12.5 Å². The number of nitrogens with zero attached hydrogens (tertiary/aromatic N) is 1. The number of benzene rings is 2. The van der Waals surface area contributed by atoms with Gasteiger partial charge in [0, 0.05) is 25.7 Å². The molecule has 1 aliphatic carbocycles. The molecule has 0 aromatic heterocycles. The quantitative estimate of drug-likeness (QED) is 0.418. The van der Waals surface area contributed by atoms with Crippen LogP contribution in [0.25, 0.3) is 0 Å². The molecule has 40 heavy (non-hydrogen) atoms. The number of alkyl halides is 3. The zero-order valence-electron chi connectivity index (χ0n) is 22.3. The lowest BCUT2D eigenvalue weighted by Crippen LogP contribution is -2.58. The normalized spacial score (nSPS) is 20.1. The first kappa shape index (κ1) is 29.8. The fourth-order valence-electron chi connectivity index (χ4n) is 5.00. The Morgan fingerprint density at radius 3 is 2.58 bits per heavy atom. The predicted molar refractivity (Wildman–Crippen MR) is 141 cm³/mol. The minimum atomic E-state index is -4.92. The van der Waals surface area contributed by atoms with Gasteiger partial charge >= 0.3 is 6.36 Å². The number of fused-ring (bicyclic) bond motifs is 1. The minimum absolute atomic E-state index is 0.0372. The Morgan fingerprint density at radius 2 is 1.90 bits per heavy atom. The summed E-state index contributed by atoms with van der Waals surface area (Å²) < 4.78 is 68.8. The van der Waals surface area contributed by atoms with Crippen molar-refractivity contribution in [3.05, 3.63) is 59.2 Å². The average Bonchev–Trinajstić information content (AvgIpc) is 2.88. The third kappa shape index (κ3) is 7.32. The molecule has 1 saturated heterocycles. The Bertz CT molecular complexity index is 1330. The minimum Gasteiger partial charge on any atom is -0.406 e. The SMILES string of the molecule is CC(C)NCc1ccc2c(c1)CCC[C@H]2NC(=O)C[C@@H]1C(=O)NCCN1S(=O)(=O)c1ccc(OC(F)(F)F)cc1. The van der Waals surface area contributed by atoms with Crippen molar-refractivity contribution >= 4 is 21.8 Å². The van der Waals surface area contributed by atoms with Gasteiger partial charge in [0.25, 0.3) is 0 Å². The van der Waals surface area contributed by atoms with Crippen molar-refractivity contribution in [2.75, 3.05) is 13.1 Å². The molecular weight excluding hydrogens is 549 g/mol. The summed E-state index contributed by atoms with van der Waals surface area (Å²) >= 11 is 0. The van der Waals surface area contributed by atoms with E-state index in [-0.39, 0.29) is 24.0 Å². The summed E-state index contributed by atoms with van der Waals surface area (Å²) in [6.45, 7) is 4.83. The van der Waals surface area contributed by atoms with Gasteiger partial charge in [0.2, 0.25) is 21.8 Å². The second-order valence-electron chi connectivity index (χ2n) is 10.2. The maximum absolute atomic E-state index is 13.3. The van der Waals surface area contributed by atoms with E-state index in [1.54, 1.807) is 0 Å². The van der Waals surface area contributed by atoms with Gasteiger partial charge in [0.05, 0.1) is 17.4 Å². The Kier molecular flexibility index (Phi) is 9.06. The summed E-state index contributed by atoms with van der Waals surface area (Å²) in [4.78, 5) is 25.5. The lowest BCUT2D eigenvalue weighted by molar-refractivity contribution is -0.274. The molecule has 1 aliphatic heterocycles. The number of ether oxygens (including phenoxy) is 1. The van der Waals surface area contributed by atoms with Crippen LogP contribution in [0.4, 0.5) is 13.2 Å². The van der Waals surface area contributed by atoms with Crippen LogP contribution in [-0.2, 0) is 32.6 Å². The number of sulfonamides is 1. The largest absolute Gasteiger partial charge is 0.573 e. The van der Waals surface area contributed by atoms with E-state index in [9.17, 15) is 31.2 Å². The second kappa shape index (κ2) is 12.1. The molecular formula is C27H33F3N4O5S. The fraction of sp³-hybridized carbons (Fsp3) is 0.481. The van der Waals surface area contributed by atoms with E-state index < -0.39 is 46.4 Å². The summed E-state index contributed by atoms with van der Waals surface area (Å²) in [5, 5.41) is 8.96. The van der Waals surface area contributed by atoms with Crippen molar-refractivity contribution in [2.45, 2.75) is 75.5 Å². The Labute approximate surface area is 231 Å². The van der Waals surface area contributed by atoms with Gasteiger partial charge in [-0.1, -0.05) is 32.0 Å². The van der Waals surface area contributed by atoms with Gasteiger partial charge in [0.15, 0.2) is 0 Å². The fourth-order valence-corrected chi connectivity index (χ4v) is 6.59. The van der Waals surface area contributed by atoms with Crippen LogP contribution in [0.3, 0.4) is 0 Å². The molecule has 0 bridgehead atoms. The van der Waals surface area contributed by atoms with Crippen LogP contribution in [0.15, 0.2) is 47.4 Å². The van der Waals surface area contributed by atoms with Crippen molar-refractivity contribution < 1.29 is 35.9 Å². The van der Waals surface area contributed by atoms with E-state index in [2.05, 4.69) is 40.6 Å². The van der Waals surface area contributed by atoms with E-state index in [1.807, 2.05) is 12.1 Å². The molecule has 2 aromatic carbocycles. The van der Waals surface area contributed by atoms with Gasteiger partial charge in [-0.05, 0) is 60.2 Å². The number of rotatable bonds is 9. The van der Waals surface area contributed by atoms with Gasteiger partial charge in [-0.2, -0.15) is 4.31 Å². The molecule has 1 fully saturated rings. The van der Waals surface area contributed by atoms with Crippen LogP contribution in [0.1, 0.15) is 55.8 Å². The topological polar surface area (TPSA) is 117 Å². The summed E-state index contributed by atoms with van der Waals surface area (Å²) in [5.74, 6) is -1.66. The third-order valence-electron chi connectivity index (χ3n) is 6.90. The zero-order chi connectivity index (χ0) is 29.1. The number of amides is 2. The van der Waals surface area contributed by atoms with Crippen molar-refractivity contribution in [1.29, 1.82) is 0 Å². The first-order valence-corrected chi connectivity index (χ1v) is 14.6. The summed E-state index contributed by atoms with van der Waals surface area (Å²) in [5.41, 5.74) is 3.31. The van der Waals surface area contributed by atoms with Gasteiger partial charge < -0.3 is 20.7 Å². The highest BCUT2D eigenvalue weighted by Gasteiger charge is 2.40. The first-order chi connectivity index (χ1) is 18.8. The van der Waals surface area contributed by atoms with Crippen molar-refractivity contribution in [3.8, 4) is 5.75 Å². The van der Waals surface area contributed by atoms with Crippen molar-refractivity contribution in [1.82, 2.24) is 20.3 Å². The standard InChI is InChI=1S/C27H33F3N4O5S/c1-17(2)32-16-18-6-11-22-19(14-18)4-3-5-23(22)33-25(35)15-24-26(36)31-12-13-34(24)40(37,38)21-9-7-20(8-10-21)39-27(28,29)30/h6-11,14,17,23-24,32H,3-5,12-13,15-16H2,1-2H3,(H,31,36)(H,33,35)/t23-,24-/m1/s1. The number of hydrogen-bond acceptors (Lipinski definition) is 6. The molecule has 0 radical (unpaired) electrons. The van der Waals surface area contributed by atoms with Gasteiger partial charge in [0.1, 0.15) is 11.8 Å². The number of hydrogen-bond donors (Lipinski definition) is 3. The molecule has 9 nitrogen and oxygen atoms in total. The number of halogens is 3. The molecule has 2 amide bonds. The molecule has 2 aliphatic rings. The zero-order valence-corrected chi connectivity index (χ0v) is 23.1. The predicted octanol–water partition coefficient (Wildman–Crippen LogP) is 3.16. The molecule has 0 unspecified atom stereocenters. The van der Waals surface area contributed by atoms with Crippen LogP contribution in [-0.4, -0.2) is 56.1 Å². The van der Waals surface area contributed by atoms with E-state index in [1.165, 1.54) is 0 Å². The van der Waals surface area contributed by atoms with Crippen molar-refractivity contribution in [2.24, 2.45) is 0 Å². The Balaban J connectivity index is 1.46. The summed E-state index contributed by atoms with van der Waals surface area (Å²) in [6, 6.07) is 8.67. The number of piperazine rings is 1. The molecule has 13 heteroatoms. The van der Waals surface area contributed by atoms with E-state index >= 15 is 0 Å². The average molecular weight is 583 g/mol. The van der Waals surface area contributed by atoms with Crippen LogP contribution < -0.4 is 20.7 Å². The van der Waals surface area contributed by atoms with Crippen LogP contribution >= 0.6 is 0 Å². The number of nitrogens with one attached hydrogen (secondary N) is 3. The number of carbonyl (C=O) groups is 2. The molecule has 2 aromatic rings. The molecule has 2 atom stereocenters. The lowest BCUT2D eigenvalue weighted by Gasteiger charge is -2.34. The smallest absolute Gasteiger partial charge is 0.406 e. The van der Waals surface area contributed by atoms with Crippen LogP contribution in [0.2, 0.25) is 0 Å². The monoisotopic (exact) mass is 582 g/mol. The molecule has 0 spiro atoms. The van der Waals surface area contributed by atoms with Gasteiger partial charge in [-0.3, -0.25) is 9.59 Å².